The Bertz CT molecular complexity index is 292. The van der Waals surface area contributed by atoms with Crippen molar-refractivity contribution in [1.82, 2.24) is 15.1 Å². The van der Waals surface area contributed by atoms with Gasteiger partial charge < -0.3 is 5.32 Å². The Labute approximate surface area is 79.1 Å². The quantitative estimate of drug-likeness (QED) is 0.761. The second-order valence-electron chi connectivity index (χ2n) is 4.16. The maximum atomic E-state index is 4.16. The van der Waals surface area contributed by atoms with E-state index in [0.29, 0.717) is 6.04 Å². The molecule has 1 aromatic heterocycles. The minimum absolute atomic E-state index is 0.434. The van der Waals surface area contributed by atoms with Crippen molar-refractivity contribution < 1.29 is 0 Å². The molecule has 72 valence electrons. The highest BCUT2D eigenvalue weighted by Gasteiger charge is 2.33. The first-order valence-corrected chi connectivity index (χ1v) is 4.91. The lowest BCUT2D eigenvalue weighted by atomic mass is 10.2. The molecule has 13 heavy (non-hydrogen) atoms. The Morgan fingerprint density at radius 2 is 2.38 bits per heavy atom. The van der Waals surface area contributed by atoms with Crippen molar-refractivity contribution in [2.75, 3.05) is 0 Å². The van der Waals surface area contributed by atoms with Crippen LogP contribution in [0.1, 0.15) is 31.9 Å². The van der Waals surface area contributed by atoms with E-state index in [0.717, 1.165) is 12.0 Å². The van der Waals surface area contributed by atoms with E-state index < -0.39 is 0 Å². The molecule has 1 unspecified atom stereocenters. The molecule has 0 aliphatic heterocycles. The molecule has 1 N–H and O–H groups in total. The molecular weight excluding hydrogens is 162 g/mol. The molecule has 0 bridgehead atoms. The average molecular weight is 179 g/mol. The summed E-state index contributed by atoms with van der Waals surface area (Å²) >= 11 is 0. The fourth-order valence-corrected chi connectivity index (χ4v) is 1.64. The minimum atomic E-state index is 0.434. The highest BCUT2D eigenvalue weighted by molar-refractivity contribution is 5.10. The van der Waals surface area contributed by atoms with E-state index in [4.69, 9.17) is 0 Å². The predicted molar refractivity (Wildman–Crippen MR) is 52.3 cm³/mol. The molecular formula is C10H17N3. The molecule has 3 nitrogen and oxygen atoms in total. The van der Waals surface area contributed by atoms with E-state index in [1.54, 1.807) is 0 Å². The van der Waals surface area contributed by atoms with Gasteiger partial charge in [0.05, 0.1) is 6.20 Å². The average Bonchev–Trinajstić information content (AvgIpc) is 2.62. The molecule has 1 aliphatic rings. The van der Waals surface area contributed by atoms with Crippen LogP contribution in [0.3, 0.4) is 0 Å². The molecule has 1 aromatic rings. The van der Waals surface area contributed by atoms with Crippen LogP contribution in [-0.4, -0.2) is 15.8 Å². The third-order valence-corrected chi connectivity index (χ3v) is 2.80. The van der Waals surface area contributed by atoms with Crippen molar-refractivity contribution in [3.05, 3.63) is 18.0 Å². The second-order valence-corrected chi connectivity index (χ2v) is 4.16. The predicted octanol–water partition coefficient (Wildman–Crippen LogP) is 1.48. The molecule has 1 fully saturated rings. The van der Waals surface area contributed by atoms with Gasteiger partial charge in [0.1, 0.15) is 0 Å². The van der Waals surface area contributed by atoms with Gasteiger partial charge in [-0.1, -0.05) is 6.92 Å². The van der Waals surface area contributed by atoms with Gasteiger partial charge in [-0.05, 0) is 19.3 Å². The van der Waals surface area contributed by atoms with Gasteiger partial charge in [0.2, 0.25) is 0 Å². The molecule has 0 amide bonds. The van der Waals surface area contributed by atoms with Gasteiger partial charge in [0.15, 0.2) is 0 Å². The molecule has 0 radical (unpaired) electrons. The molecule has 3 atom stereocenters. The van der Waals surface area contributed by atoms with Gasteiger partial charge in [0, 0.05) is 30.9 Å². The monoisotopic (exact) mass is 179 g/mol. The van der Waals surface area contributed by atoms with Crippen LogP contribution in [0.2, 0.25) is 0 Å². The van der Waals surface area contributed by atoms with Crippen LogP contribution in [0.4, 0.5) is 0 Å². The summed E-state index contributed by atoms with van der Waals surface area (Å²) in [5.74, 6) is 0.860. The standard InChI is InChI=1S/C10H17N3/c1-7-4-10(7)12-8(2)9-5-11-13(3)6-9/h5-8,10,12H,4H2,1-3H3/t7-,8?,10-/m1/s1. The normalized spacial score (nSPS) is 28.8. The highest BCUT2D eigenvalue weighted by Crippen LogP contribution is 2.31. The van der Waals surface area contributed by atoms with Crippen molar-refractivity contribution in [1.29, 1.82) is 0 Å². The van der Waals surface area contributed by atoms with Crippen LogP contribution < -0.4 is 5.32 Å². The Morgan fingerprint density at radius 3 is 2.85 bits per heavy atom. The van der Waals surface area contributed by atoms with Gasteiger partial charge in [-0.25, -0.2) is 0 Å². The Hall–Kier alpha value is -0.830. The zero-order valence-electron chi connectivity index (χ0n) is 8.49. The molecule has 0 aromatic carbocycles. The number of nitrogens with one attached hydrogen (secondary N) is 1. The smallest absolute Gasteiger partial charge is 0.0537 e. The fourth-order valence-electron chi connectivity index (χ4n) is 1.64. The van der Waals surface area contributed by atoms with E-state index in [9.17, 15) is 0 Å². The molecule has 1 aliphatic carbocycles. The Morgan fingerprint density at radius 1 is 1.69 bits per heavy atom. The topological polar surface area (TPSA) is 29.9 Å². The number of hydrogen-bond donors (Lipinski definition) is 1. The van der Waals surface area contributed by atoms with Crippen LogP contribution >= 0.6 is 0 Å². The zero-order valence-corrected chi connectivity index (χ0v) is 8.49. The summed E-state index contributed by atoms with van der Waals surface area (Å²) in [5, 5.41) is 7.74. The Balaban J connectivity index is 1.93. The summed E-state index contributed by atoms with van der Waals surface area (Å²) in [6.07, 6.45) is 5.33. The second kappa shape index (κ2) is 3.14. The number of aromatic nitrogens is 2. The van der Waals surface area contributed by atoms with Crippen LogP contribution in [0.5, 0.6) is 0 Å². The first kappa shape index (κ1) is 8.75. The lowest BCUT2D eigenvalue weighted by molar-refractivity contribution is 0.551. The third kappa shape index (κ3) is 1.91. The SMILES string of the molecule is CC(N[C@@H]1C[C@H]1C)c1cnn(C)c1. The van der Waals surface area contributed by atoms with Crippen molar-refractivity contribution in [3.63, 3.8) is 0 Å². The molecule has 3 heteroatoms. The Kier molecular flexibility index (Phi) is 2.12. The molecule has 2 rings (SSSR count). The van der Waals surface area contributed by atoms with E-state index in [1.807, 2.05) is 17.9 Å². The fraction of sp³-hybridized carbons (Fsp3) is 0.700. The number of nitrogens with zero attached hydrogens (tertiary/aromatic N) is 2. The van der Waals surface area contributed by atoms with E-state index >= 15 is 0 Å². The number of rotatable bonds is 3. The van der Waals surface area contributed by atoms with Gasteiger partial charge >= 0.3 is 0 Å². The highest BCUT2D eigenvalue weighted by atomic mass is 15.2. The third-order valence-electron chi connectivity index (χ3n) is 2.80. The van der Waals surface area contributed by atoms with Crippen molar-refractivity contribution >= 4 is 0 Å². The van der Waals surface area contributed by atoms with E-state index in [-0.39, 0.29) is 0 Å². The number of hydrogen-bond acceptors (Lipinski definition) is 2. The largest absolute Gasteiger partial charge is 0.307 e. The summed E-state index contributed by atoms with van der Waals surface area (Å²) in [6.45, 7) is 4.48. The van der Waals surface area contributed by atoms with Crippen LogP contribution in [0.25, 0.3) is 0 Å². The maximum absolute atomic E-state index is 4.16. The zero-order chi connectivity index (χ0) is 9.42. The van der Waals surface area contributed by atoms with Gasteiger partial charge in [-0.15, -0.1) is 0 Å². The van der Waals surface area contributed by atoms with E-state index in [2.05, 4.69) is 30.5 Å². The van der Waals surface area contributed by atoms with Crippen molar-refractivity contribution in [3.8, 4) is 0 Å². The first-order valence-electron chi connectivity index (χ1n) is 4.91. The molecule has 0 saturated heterocycles. The van der Waals surface area contributed by atoms with E-state index in [1.165, 1.54) is 12.0 Å². The van der Waals surface area contributed by atoms with Crippen molar-refractivity contribution in [2.24, 2.45) is 13.0 Å². The van der Waals surface area contributed by atoms with Crippen molar-refractivity contribution in [2.45, 2.75) is 32.4 Å². The lowest BCUT2D eigenvalue weighted by Gasteiger charge is -2.10. The first-order chi connectivity index (χ1) is 6.16. The minimum Gasteiger partial charge on any atom is -0.307 e. The van der Waals surface area contributed by atoms with Gasteiger partial charge in [-0.3, -0.25) is 4.68 Å². The summed E-state index contributed by atoms with van der Waals surface area (Å²) in [5.41, 5.74) is 1.28. The summed E-state index contributed by atoms with van der Waals surface area (Å²) in [6, 6.07) is 1.17. The molecule has 0 spiro atoms. The summed E-state index contributed by atoms with van der Waals surface area (Å²) in [7, 11) is 1.95. The summed E-state index contributed by atoms with van der Waals surface area (Å²) < 4.78 is 1.85. The lowest BCUT2D eigenvalue weighted by Crippen LogP contribution is -2.21. The molecule has 1 saturated carbocycles. The molecule has 1 heterocycles. The number of aryl methyl sites for hydroxylation is 1. The van der Waals surface area contributed by atoms with Crippen LogP contribution in [-0.2, 0) is 7.05 Å². The van der Waals surface area contributed by atoms with Crippen LogP contribution in [0, 0.1) is 5.92 Å². The van der Waals surface area contributed by atoms with Gasteiger partial charge in [-0.2, -0.15) is 5.10 Å². The van der Waals surface area contributed by atoms with Gasteiger partial charge in [0.25, 0.3) is 0 Å². The summed E-state index contributed by atoms with van der Waals surface area (Å²) in [4.78, 5) is 0. The van der Waals surface area contributed by atoms with Crippen LogP contribution in [0.15, 0.2) is 12.4 Å². The maximum Gasteiger partial charge on any atom is 0.0537 e.